The first-order valence-corrected chi connectivity index (χ1v) is 13.4. The Hall–Kier alpha value is -3.11. The molecule has 0 aliphatic carbocycles. The fourth-order valence-electron chi connectivity index (χ4n) is 4.63. The molecule has 0 saturated carbocycles. The van der Waals surface area contributed by atoms with Crippen LogP contribution in [-0.2, 0) is 26.0 Å². The van der Waals surface area contributed by atoms with Crippen molar-refractivity contribution in [3.05, 3.63) is 48.0 Å². The van der Waals surface area contributed by atoms with Crippen LogP contribution in [0, 0.1) is 0 Å². The molecule has 2 aromatic rings. The second-order valence-corrected chi connectivity index (χ2v) is 10.9. The molecular formula is C25H29N3O6S. The number of anilines is 1. The van der Waals surface area contributed by atoms with E-state index in [2.05, 4.69) is 0 Å². The number of sulfonamides is 1. The van der Waals surface area contributed by atoms with Gasteiger partial charge in [-0.2, -0.15) is 4.31 Å². The van der Waals surface area contributed by atoms with E-state index in [0.717, 1.165) is 30.6 Å². The van der Waals surface area contributed by atoms with E-state index in [1.54, 1.807) is 21.9 Å². The molecule has 3 aliphatic rings. The molecule has 10 heteroatoms. The number of rotatable bonds is 5. The van der Waals surface area contributed by atoms with E-state index < -0.39 is 10.0 Å². The van der Waals surface area contributed by atoms with Gasteiger partial charge in [-0.25, -0.2) is 8.42 Å². The zero-order valence-electron chi connectivity index (χ0n) is 19.5. The zero-order valence-corrected chi connectivity index (χ0v) is 20.3. The summed E-state index contributed by atoms with van der Waals surface area (Å²) in [7, 11) is -3.71. The van der Waals surface area contributed by atoms with Crippen LogP contribution in [0.25, 0.3) is 0 Å². The predicted molar refractivity (Wildman–Crippen MR) is 129 cm³/mol. The molecule has 0 N–H and O–H groups in total. The first-order chi connectivity index (χ1) is 16.9. The average Bonchev–Trinajstić information content (AvgIpc) is 3.16. The summed E-state index contributed by atoms with van der Waals surface area (Å²) >= 11 is 0. The van der Waals surface area contributed by atoms with E-state index in [0.29, 0.717) is 44.2 Å². The van der Waals surface area contributed by atoms with Gasteiger partial charge in [0, 0.05) is 57.3 Å². The van der Waals surface area contributed by atoms with Crippen LogP contribution in [0.15, 0.2) is 47.4 Å². The standard InChI is InChI=1S/C25H29N3O6S/c29-24-3-1-10-28(24)20-6-4-19(5-7-20)17-25(30)26-11-13-27(14-12-26)35(31,32)21-8-9-22-23(18-21)34-16-2-15-33-22/h4-9,18H,1-3,10-17H2. The summed E-state index contributed by atoms with van der Waals surface area (Å²) < 4.78 is 39.0. The number of carbonyl (C=O) groups excluding carboxylic acids is 2. The van der Waals surface area contributed by atoms with Crippen molar-refractivity contribution < 1.29 is 27.5 Å². The Kier molecular flexibility index (Phi) is 6.66. The third-order valence-corrected chi connectivity index (χ3v) is 8.52. The molecule has 9 nitrogen and oxygen atoms in total. The third-order valence-electron chi connectivity index (χ3n) is 6.62. The molecule has 2 aromatic carbocycles. The van der Waals surface area contributed by atoms with Gasteiger partial charge >= 0.3 is 0 Å². The Bertz CT molecular complexity index is 1210. The van der Waals surface area contributed by atoms with Gasteiger partial charge in [0.25, 0.3) is 0 Å². The first-order valence-electron chi connectivity index (χ1n) is 12.0. The van der Waals surface area contributed by atoms with Crippen molar-refractivity contribution in [1.29, 1.82) is 0 Å². The smallest absolute Gasteiger partial charge is 0.243 e. The van der Waals surface area contributed by atoms with Crippen molar-refractivity contribution in [3.8, 4) is 11.5 Å². The number of benzene rings is 2. The highest BCUT2D eigenvalue weighted by Gasteiger charge is 2.31. The van der Waals surface area contributed by atoms with Gasteiger partial charge in [-0.3, -0.25) is 9.59 Å². The molecule has 0 spiro atoms. The van der Waals surface area contributed by atoms with Crippen molar-refractivity contribution in [3.63, 3.8) is 0 Å². The van der Waals surface area contributed by atoms with Crippen molar-refractivity contribution in [1.82, 2.24) is 9.21 Å². The number of carbonyl (C=O) groups is 2. The first kappa shape index (κ1) is 23.6. The van der Waals surface area contributed by atoms with E-state index in [1.165, 1.54) is 10.4 Å². The maximum Gasteiger partial charge on any atom is 0.243 e. The molecule has 0 atom stereocenters. The van der Waals surface area contributed by atoms with E-state index in [9.17, 15) is 18.0 Å². The highest BCUT2D eigenvalue weighted by Crippen LogP contribution is 2.33. The van der Waals surface area contributed by atoms with Crippen molar-refractivity contribution in [2.75, 3.05) is 50.8 Å². The number of hydrogen-bond acceptors (Lipinski definition) is 6. The topological polar surface area (TPSA) is 96.5 Å². The molecule has 2 fully saturated rings. The Balaban J connectivity index is 1.18. The van der Waals surface area contributed by atoms with Gasteiger partial charge in [0.1, 0.15) is 0 Å². The molecule has 3 heterocycles. The lowest BCUT2D eigenvalue weighted by Gasteiger charge is -2.34. The second kappa shape index (κ2) is 9.87. The molecule has 35 heavy (non-hydrogen) atoms. The van der Waals surface area contributed by atoms with Crippen LogP contribution in [0.3, 0.4) is 0 Å². The number of fused-ring (bicyclic) bond motifs is 1. The number of hydrogen-bond donors (Lipinski definition) is 0. The van der Waals surface area contributed by atoms with Crippen molar-refractivity contribution >= 4 is 27.5 Å². The summed E-state index contributed by atoms with van der Waals surface area (Å²) in [5, 5.41) is 0. The van der Waals surface area contributed by atoms with Crippen LogP contribution in [0.2, 0.25) is 0 Å². The molecule has 0 radical (unpaired) electrons. The number of piperazine rings is 1. The lowest BCUT2D eigenvalue weighted by molar-refractivity contribution is -0.131. The Morgan fingerprint density at radius 1 is 0.857 bits per heavy atom. The molecule has 2 saturated heterocycles. The van der Waals surface area contributed by atoms with Crippen LogP contribution in [0.4, 0.5) is 5.69 Å². The quantitative estimate of drug-likeness (QED) is 0.625. The maximum atomic E-state index is 13.2. The summed E-state index contributed by atoms with van der Waals surface area (Å²) in [6.45, 7) is 2.90. The third kappa shape index (κ3) is 4.99. The van der Waals surface area contributed by atoms with Crippen LogP contribution < -0.4 is 14.4 Å². The summed E-state index contributed by atoms with van der Waals surface area (Å²) in [5.74, 6) is 1.09. The van der Waals surface area contributed by atoms with Crippen LogP contribution in [0.1, 0.15) is 24.8 Å². The highest BCUT2D eigenvalue weighted by atomic mass is 32.2. The zero-order chi connectivity index (χ0) is 24.4. The minimum absolute atomic E-state index is 0.0392. The highest BCUT2D eigenvalue weighted by molar-refractivity contribution is 7.89. The van der Waals surface area contributed by atoms with E-state index in [4.69, 9.17) is 9.47 Å². The molecule has 186 valence electrons. The average molecular weight is 500 g/mol. The molecule has 3 aliphatic heterocycles. The van der Waals surface area contributed by atoms with Crippen molar-refractivity contribution in [2.24, 2.45) is 0 Å². The lowest BCUT2D eigenvalue weighted by atomic mass is 10.1. The fourth-order valence-corrected chi connectivity index (χ4v) is 6.07. The predicted octanol–water partition coefficient (Wildman–Crippen LogP) is 2.05. The van der Waals surface area contributed by atoms with Gasteiger partial charge in [0.15, 0.2) is 11.5 Å². The molecule has 0 unspecified atom stereocenters. The van der Waals surface area contributed by atoms with Crippen LogP contribution in [-0.4, -0.2) is 75.4 Å². The maximum absolute atomic E-state index is 13.2. The number of nitrogens with zero attached hydrogens (tertiary/aromatic N) is 3. The van der Waals surface area contributed by atoms with Crippen LogP contribution >= 0.6 is 0 Å². The Morgan fingerprint density at radius 3 is 2.26 bits per heavy atom. The van der Waals surface area contributed by atoms with Gasteiger partial charge in [-0.15, -0.1) is 0 Å². The van der Waals surface area contributed by atoms with Crippen LogP contribution in [0.5, 0.6) is 11.5 Å². The summed E-state index contributed by atoms with van der Waals surface area (Å²) in [6, 6.07) is 12.2. The van der Waals surface area contributed by atoms with Gasteiger partial charge in [-0.05, 0) is 36.2 Å². The summed E-state index contributed by atoms with van der Waals surface area (Å²) in [6.07, 6.45) is 2.43. The lowest BCUT2D eigenvalue weighted by Crippen LogP contribution is -2.50. The van der Waals surface area contributed by atoms with Gasteiger partial charge in [-0.1, -0.05) is 12.1 Å². The minimum Gasteiger partial charge on any atom is -0.490 e. The summed E-state index contributed by atoms with van der Waals surface area (Å²) in [4.78, 5) is 28.4. The molecule has 2 amide bonds. The molecule has 0 bridgehead atoms. The summed E-state index contributed by atoms with van der Waals surface area (Å²) in [5.41, 5.74) is 1.73. The number of ether oxygens (including phenoxy) is 2. The van der Waals surface area contributed by atoms with Gasteiger partial charge in [0.05, 0.1) is 24.5 Å². The number of amides is 2. The molecule has 0 aromatic heterocycles. The van der Waals surface area contributed by atoms with Gasteiger partial charge in [0.2, 0.25) is 21.8 Å². The van der Waals surface area contributed by atoms with E-state index in [1.807, 2.05) is 24.3 Å². The molecule has 5 rings (SSSR count). The fraction of sp³-hybridized carbons (Fsp3) is 0.440. The van der Waals surface area contributed by atoms with Gasteiger partial charge < -0.3 is 19.3 Å². The minimum atomic E-state index is -3.71. The van der Waals surface area contributed by atoms with Crippen molar-refractivity contribution in [2.45, 2.75) is 30.6 Å². The van der Waals surface area contributed by atoms with E-state index >= 15 is 0 Å². The largest absolute Gasteiger partial charge is 0.490 e. The van der Waals surface area contributed by atoms with E-state index in [-0.39, 0.29) is 36.2 Å². The SMILES string of the molecule is O=C(Cc1ccc(N2CCCC2=O)cc1)N1CCN(S(=O)(=O)c2ccc3c(c2)OCCCO3)CC1. The Labute approximate surface area is 205 Å². The monoisotopic (exact) mass is 499 g/mol. The second-order valence-electron chi connectivity index (χ2n) is 8.94. The Morgan fingerprint density at radius 2 is 1.57 bits per heavy atom. The molecular weight excluding hydrogens is 470 g/mol. The normalized spacial score (nSPS) is 19.0.